The largest absolute Gasteiger partial charge is 0.469 e. The van der Waals surface area contributed by atoms with Gasteiger partial charge in [-0.3, -0.25) is 9.59 Å². The molecule has 20 heavy (non-hydrogen) atoms. The van der Waals surface area contributed by atoms with Gasteiger partial charge in [0.2, 0.25) is 5.91 Å². The maximum atomic E-state index is 13.4. The summed E-state index contributed by atoms with van der Waals surface area (Å²) in [6, 6.07) is 3.49. The van der Waals surface area contributed by atoms with Crippen molar-refractivity contribution in [2.24, 2.45) is 0 Å². The molecule has 0 aliphatic rings. The van der Waals surface area contributed by atoms with Crippen LogP contribution < -0.4 is 5.32 Å². The zero-order valence-corrected chi connectivity index (χ0v) is 11.4. The van der Waals surface area contributed by atoms with Crippen molar-refractivity contribution in [3.63, 3.8) is 0 Å². The number of esters is 1. The van der Waals surface area contributed by atoms with Gasteiger partial charge < -0.3 is 10.1 Å². The molecule has 0 radical (unpaired) electrons. The summed E-state index contributed by atoms with van der Waals surface area (Å²) in [5.41, 5.74) is 0.153. The van der Waals surface area contributed by atoms with Crippen LogP contribution in [0.2, 0.25) is 0 Å². The quantitative estimate of drug-likeness (QED) is 0.813. The van der Waals surface area contributed by atoms with Crippen molar-refractivity contribution in [1.29, 1.82) is 0 Å². The monoisotopic (exact) mass is 285 g/mol. The number of benzene rings is 1. The van der Waals surface area contributed by atoms with Gasteiger partial charge in [-0.05, 0) is 25.0 Å². The molecule has 0 aromatic heterocycles. The molecule has 110 valence electrons. The molecule has 1 aromatic rings. The van der Waals surface area contributed by atoms with Gasteiger partial charge in [-0.1, -0.05) is 12.1 Å². The summed E-state index contributed by atoms with van der Waals surface area (Å²) in [5.74, 6) is -2.61. The van der Waals surface area contributed by atoms with Crippen molar-refractivity contribution in [3.8, 4) is 0 Å². The Bertz CT molecular complexity index is 491. The molecular formula is C14H17F2NO3. The molecule has 0 bridgehead atoms. The third kappa shape index (κ3) is 4.95. The SMILES string of the molecule is COC(=O)C[C@@H](C)NC(=O)CCc1cccc(F)c1F. The van der Waals surface area contributed by atoms with Crippen LogP contribution in [0.15, 0.2) is 18.2 Å². The lowest BCUT2D eigenvalue weighted by atomic mass is 10.1. The molecule has 1 N–H and O–H groups in total. The van der Waals surface area contributed by atoms with Gasteiger partial charge in [-0.25, -0.2) is 8.78 Å². The number of aryl methyl sites for hydroxylation is 1. The smallest absolute Gasteiger partial charge is 0.307 e. The number of ether oxygens (including phenoxy) is 1. The number of halogens is 2. The number of rotatable bonds is 6. The van der Waals surface area contributed by atoms with Crippen LogP contribution in [0.25, 0.3) is 0 Å². The number of nitrogens with one attached hydrogen (secondary N) is 1. The molecule has 0 fully saturated rings. The summed E-state index contributed by atoms with van der Waals surface area (Å²) < 4.78 is 30.8. The lowest BCUT2D eigenvalue weighted by molar-refractivity contribution is -0.141. The predicted octanol–water partition coefficient (Wildman–Crippen LogP) is 1.97. The average molecular weight is 285 g/mol. The molecule has 1 atom stereocenters. The van der Waals surface area contributed by atoms with E-state index < -0.39 is 17.6 Å². The van der Waals surface area contributed by atoms with Crippen molar-refractivity contribution in [3.05, 3.63) is 35.4 Å². The standard InChI is InChI=1S/C14H17F2NO3/c1-9(8-13(19)20-2)17-12(18)7-6-10-4-3-5-11(15)14(10)16/h3-5,9H,6-8H2,1-2H3,(H,17,18)/t9-/m1/s1. The van der Waals surface area contributed by atoms with Crippen molar-refractivity contribution in [1.82, 2.24) is 5.32 Å². The van der Waals surface area contributed by atoms with Crippen LogP contribution in [-0.4, -0.2) is 25.0 Å². The third-order valence-corrected chi connectivity index (χ3v) is 2.76. The predicted molar refractivity (Wildman–Crippen MR) is 68.9 cm³/mol. The Hall–Kier alpha value is -1.98. The minimum atomic E-state index is -0.929. The number of carbonyl (C=O) groups is 2. The molecule has 1 rings (SSSR count). The summed E-state index contributed by atoms with van der Waals surface area (Å²) in [6.07, 6.45) is 0.183. The molecule has 0 spiro atoms. The summed E-state index contributed by atoms with van der Waals surface area (Å²) in [5, 5.41) is 2.59. The number of methoxy groups -OCH3 is 1. The molecule has 0 aliphatic heterocycles. The molecule has 0 unspecified atom stereocenters. The van der Waals surface area contributed by atoms with Gasteiger partial charge in [-0.2, -0.15) is 0 Å². The van der Waals surface area contributed by atoms with Crippen LogP contribution in [-0.2, 0) is 20.7 Å². The first-order valence-corrected chi connectivity index (χ1v) is 6.23. The van der Waals surface area contributed by atoms with E-state index in [0.29, 0.717) is 0 Å². The lowest BCUT2D eigenvalue weighted by Gasteiger charge is -2.12. The lowest BCUT2D eigenvalue weighted by Crippen LogP contribution is -2.34. The van der Waals surface area contributed by atoms with Gasteiger partial charge >= 0.3 is 5.97 Å². The fourth-order valence-electron chi connectivity index (χ4n) is 1.72. The first-order valence-electron chi connectivity index (χ1n) is 6.23. The normalized spacial score (nSPS) is 11.8. The number of amides is 1. The topological polar surface area (TPSA) is 55.4 Å². The fraction of sp³-hybridized carbons (Fsp3) is 0.429. The zero-order chi connectivity index (χ0) is 15.1. The van der Waals surface area contributed by atoms with Gasteiger partial charge in [0.15, 0.2) is 11.6 Å². The first kappa shape index (κ1) is 16.1. The van der Waals surface area contributed by atoms with E-state index in [9.17, 15) is 18.4 Å². The molecule has 1 amide bonds. The molecule has 0 heterocycles. The van der Waals surface area contributed by atoms with Gasteiger partial charge in [0, 0.05) is 12.5 Å². The minimum Gasteiger partial charge on any atom is -0.469 e. The second-order valence-electron chi connectivity index (χ2n) is 4.46. The average Bonchev–Trinajstić information content (AvgIpc) is 2.40. The zero-order valence-electron chi connectivity index (χ0n) is 11.4. The Morgan fingerprint density at radius 2 is 2.05 bits per heavy atom. The Kier molecular flexibility index (Phi) is 6.09. The van der Waals surface area contributed by atoms with E-state index in [1.165, 1.54) is 19.2 Å². The Morgan fingerprint density at radius 3 is 2.70 bits per heavy atom. The molecule has 1 aromatic carbocycles. The highest BCUT2D eigenvalue weighted by Gasteiger charge is 2.13. The number of carbonyl (C=O) groups excluding carboxylic acids is 2. The summed E-state index contributed by atoms with van der Waals surface area (Å²) in [6.45, 7) is 1.66. The highest BCUT2D eigenvalue weighted by atomic mass is 19.2. The van der Waals surface area contributed by atoms with Crippen LogP contribution in [0.4, 0.5) is 8.78 Å². The van der Waals surface area contributed by atoms with E-state index in [1.54, 1.807) is 6.92 Å². The number of hydrogen-bond acceptors (Lipinski definition) is 3. The second-order valence-corrected chi connectivity index (χ2v) is 4.46. The van der Waals surface area contributed by atoms with Gasteiger partial charge in [-0.15, -0.1) is 0 Å². The Balaban J connectivity index is 2.43. The van der Waals surface area contributed by atoms with Gasteiger partial charge in [0.1, 0.15) is 0 Å². The second kappa shape index (κ2) is 7.57. The van der Waals surface area contributed by atoms with Crippen molar-refractivity contribution in [2.75, 3.05) is 7.11 Å². The maximum Gasteiger partial charge on any atom is 0.307 e. The molecule has 0 saturated carbocycles. The van der Waals surface area contributed by atoms with Gasteiger partial charge in [0.05, 0.1) is 13.5 Å². The van der Waals surface area contributed by atoms with Crippen LogP contribution in [0.3, 0.4) is 0 Å². The van der Waals surface area contributed by atoms with E-state index in [4.69, 9.17) is 0 Å². The fourth-order valence-corrected chi connectivity index (χ4v) is 1.72. The highest BCUT2D eigenvalue weighted by molar-refractivity contribution is 5.77. The molecule has 6 heteroatoms. The summed E-state index contributed by atoms with van der Waals surface area (Å²) >= 11 is 0. The van der Waals surface area contributed by atoms with E-state index in [0.717, 1.165) is 6.07 Å². The van der Waals surface area contributed by atoms with Crippen LogP contribution in [0, 0.1) is 11.6 Å². The molecule has 0 saturated heterocycles. The van der Waals surface area contributed by atoms with Crippen LogP contribution in [0.5, 0.6) is 0 Å². The maximum absolute atomic E-state index is 13.4. The summed E-state index contributed by atoms with van der Waals surface area (Å²) in [7, 11) is 1.27. The van der Waals surface area contributed by atoms with E-state index in [2.05, 4.69) is 10.1 Å². The number of hydrogen-bond donors (Lipinski definition) is 1. The minimum absolute atomic E-state index is 0.0197. The Labute approximate surface area is 116 Å². The summed E-state index contributed by atoms with van der Waals surface area (Å²) in [4.78, 5) is 22.6. The third-order valence-electron chi connectivity index (χ3n) is 2.76. The Morgan fingerprint density at radius 1 is 1.35 bits per heavy atom. The van der Waals surface area contributed by atoms with Crippen molar-refractivity contribution >= 4 is 11.9 Å². The molecule has 4 nitrogen and oxygen atoms in total. The van der Waals surface area contributed by atoms with E-state index in [1.807, 2.05) is 0 Å². The van der Waals surface area contributed by atoms with E-state index >= 15 is 0 Å². The highest BCUT2D eigenvalue weighted by Crippen LogP contribution is 2.13. The molecular weight excluding hydrogens is 268 g/mol. The first-order chi connectivity index (χ1) is 9.43. The van der Waals surface area contributed by atoms with E-state index in [-0.39, 0.29) is 36.8 Å². The van der Waals surface area contributed by atoms with Crippen molar-refractivity contribution in [2.45, 2.75) is 32.2 Å². The van der Waals surface area contributed by atoms with Crippen LogP contribution >= 0.6 is 0 Å². The van der Waals surface area contributed by atoms with Crippen LogP contribution in [0.1, 0.15) is 25.3 Å². The van der Waals surface area contributed by atoms with Crippen molar-refractivity contribution < 1.29 is 23.1 Å². The molecule has 0 aliphatic carbocycles. The van der Waals surface area contributed by atoms with Gasteiger partial charge in [0.25, 0.3) is 0 Å².